The first-order valence-corrected chi connectivity index (χ1v) is 9.79. The van der Waals surface area contributed by atoms with Crippen molar-refractivity contribution in [2.75, 3.05) is 37.7 Å². The number of para-hydroxylation sites is 1. The van der Waals surface area contributed by atoms with Crippen molar-refractivity contribution < 1.29 is 13.9 Å². The molecule has 3 aromatic rings. The number of nitrogens with zero attached hydrogens (tertiary/aromatic N) is 3. The number of rotatable bonds is 4. The van der Waals surface area contributed by atoms with Crippen LogP contribution >= 0.6 is 11.3 Å². The fourth-order valence-corrected chi connectivity index (χ4v) is 4.23. The number of amides is 1. The van der Waals surface area contributed by atoms with Crippen LogP contribution in [0.25, 0.3) is 10.2 Å². The molecule has 2 aromatic carbocycles. The van der Waals surface area contributed by atoms with Crippen LogP contribution in [0, 0.1) is 5.82 Å². The van der Waals surface area contributed by atoms with E-state index in [1.807, 2.05) is 30.0 Å². The summed E-state index contributed by atoms with van der Waals surface area (Å²) in [6.07, 6.45) is 0. The molecule has 0 aliphatic carbocycles. The van der Waals surface area contributed by atoms with Crippen LogP contribution < -0.4 is 9.64 Å². The second kappa shape index (κ2) is 7.52. The smallest absolute Gasteiger partial charge is 0.253 e. The molecule has 2 heterocycles. The molecule has 1 fully saturated rings. The number of ether oxygens (including phenoxy) is 1. The zero-order valence-corrected chi connectivity index (χ0v) is 15.8. The van der Waals surface area contributed by atoms with Crippen molar-refractivity contribution in [3.8, 4) is 5.75 Å². The second-order valence-electron chi connectivity index (χ2n) is 6.32. The first-order chi connectivity index (χ1) is 13.2. The molecule has 0 bridgehead atoms. The summed E-state index contributed by atoms with van der Waals surface area (Å²) in [6, 6.07) is 11.7. The Labute approximate surface area is 161 Å². The third-order valence-corrected chi connectivity index (χ3v) is 5.68. The van der Waals surface area contributed by atoms with E-state index in [2.05, 4.69) is 4.90 Å². The van der Waals surface area contributed by atoms with E-state index in [1.165, 1.54) is 24.3 Å². The van der Waals surface area contributed by atoms with Crippen LogP contribution in [0.3, 0.4) is 0 Å². The van der Waals surface area contributed by atoms with Crippen LogP contribution in [0.15, 0.2) is 42.5 Å². The Bertz CT molecular complexity index is 950. The van der Waals surface area contributed by atoms with Crippen LogP contribution in [0.4, 0.5) is 9.52 Å². The maximum Gasteiger partial charge on any atom is 0.253 e. The minimum atomic E-state index is -0.335. The van der Waals surface area contributed by atoms with Crippen LogP contribution in [-0.2, 0) is 0 Å². The summed E-state index contributed by atoms with van der Waals surface area (Å²) in [5.41, 5.74) is 1.41. The molecule has 7 heteroatoms. The Morgan fingerprint density at radius 2 is 1.89 bits per heavy atom. The molecule has 5 nitrogen and oxygen atoms in total. The molecule has 0 unspecified atom stereocenters. The number of carbonyl (C=O) groups is 1. The molecule has 1 aromatic heterocycles. The highest BCUT2D eigenvalue weighted by atomic mass is 32.1. The lowest BCUT2D eigenvalue weighted by atomic mass is 10.2. The van der Waals surface area contributed by atoms with Crippen molar-refractivity contribution in [2.45, 2.75) is 6.92 Å². The minimum absolute atomic E-state index is 0.0578. The lowest BCUT2D eigenvalue weighted by Crippen LogP contribution is -2.48. The van der Waals surface area contributed by atoms with Gasteiger partial charge in [0.05, 0.1) is 11.3 Å². The molecule has 0 saturated carbocycles. The Hall–Kier alpha value is -2.67. The molecule has 1 saturated heterocycles. The second-order valence-corrected chi connectivity index (χ2v) is 7.33. The number of thiazole rings is 1. The van der Waals surface area contributed by atoms with Crippen molar-refractivity contribution in [2.24, 2.45) is 0 Å². The van der Waals surface area contributed by atoms with Gasteiger partial charge in [0.15, 0.2) is 5.13 Å². The van der Waals surface area contributed by atoms with E-state index in [9.17, 15) is 9.18 Å². The standard InChI is InChI=1S/C20H20FN3O2S/c1-2-26-16-4-3-5-17-18(16)22-20(27-17)24-12-10-23(11-13-24)19(25)14-6-8-15(21)9-7-14/h3-9H,2,10-13H2,1H3. The summed E-state index contributed by atoms with van der Waals surface area (Å²) < 4.78 is 19.8. The molecule has 1 amide bonds. The molecular formula is C20H20FN3O2S. The van der Waals surface area contributed by atoms with Gasteiger partial charge in [-0.2, -0.15) is 0 Å². The topological polar surface area (TPSA) is 45.7 Å². The van der Waals surface area contributed by atoms with Crippen molar-refractivity contribution in [3.05, 3.63) is 53.8 Å². The number of piperazine rings is 1. The van der Waals surface area contributed by atoms with Gasteiger partial charge in [0.2, 0.25) is 0 Å². The van der Waals surface area contributed by atoms with Gasteiger partial charge in [-0.25, -0.2) is 9.37 Å². The summed E-state index contributed by atoms with van der Waals surface area (Å²) in [7, 11) is 0. The fourth-order valence-electron chi connectivity index (χ4n) is 3.19. The average Bonchev–Trinajstić information content (AvgIpc) is 3.14. The molecule has 0 spiro atoms. The molecule has 1 aliphatic rings. The van der Waals surface area contributed by atoms with Crippen molar-refractivity contribution in [3.63, 3.8) is 0 Å². The molecule has 0 N–H and O–H groups in total. The lowest BCUT2D eigenvalue weighted by molar-refractivity contribution is 0.0746. The highest BCUT2D eigenvalue weighted by molar-refractivity contribution is 7.22. The van der Waals surface area contributed by atoms with Gasteiger partial charge < -0.3 is 14.5 Å². The summed E-state index contributed by atoms with van der Waals surface area (Å²) in [5, 5.41) is 0.950. The first-order valence-electron chi connectivity index (χ1n) is 8.98. The zero-order valence-electron chi connectivity index (χ0n) is 15.0. The van der Waals surface area contributed by atoms with E-state index in [-0.39, 0.29) is 11.7 Å². The summed E-state index contributed by atoms with van der Waals surface area (Å²) in [4.78, 5) is 21.3. The number of hydrogen-bond donors (Lipinski definition) is 0. The lowest BCUT2D eigenvalue weighted by Gasteiger charge is -2.34. The van der Waals surface area contributed by atoms with E-state index < -0.39 is 0 Å². The summed E-state index contributed by atoms with van der Waals surface area (Å²) in [5.74, 6) is 0.416. The van der Waals surface area contributed by atoms with Gasteiger partial charge in [0.25, 0.3) is 5.91 Å². The van der Waals surface area contributed by atoms with E-state index in [1.54, 1.807) is 11.3 Å². The molecule has 0 atom stereocenters. The van der Waals surface area contributed by atoms with Gasteiger partial charge in [-0.05, 0) is 43.3 Å². The van der Waals surface area contributed by atoms with Gasteiger partial charge in [-0.1, -0.05) is 17.4 Å². The first kappa shape index (κ1) is 17.7. The van der Waals surface area contributed by atoms with E-state index in [0.29, 0.717) is 25.3 Å². The number of carbonyl (C=O) groups excluding carboxylic acids is 1. The molecular weight excluding hydrogens is 365 g/mol. The van der Waals surface area contributed by atoms with Crippen LogP contribution in [0.1, 0.15) is 17.3 Å². The van der Waals surface area contributed by atoms with Gasteiger partial charge in [-0.15, -0.1) is 0 Å². The quantitative estimate of drug-likeness (QED) is 0.685. The third kappa shape index (κ3) is 3.60. The van der Waals surface area contributed by atoms with Crippen molar-refractivity contribution >= 4 is 32.6 Å². The Morgan fingerprint density at radius 1 is 1.15 bits per heavy atom. The van der Waals surface area contributed by atoms with Crippen LogP contribution in [0.2, 0.25) is 0 Å². The number of fused-ring (bicyclic) bond motifs is 1. The van der Waals surface area contributed by atoms with Gasteiger partial charge in [-0.3, -0.25) is 4.79 Å². The largest absolute Gasteiger partial charge is 0.492 e. The SMILES string of the molecule is CCOc1cccc2sc(N3CCN(C(=O)c4ccc(F)cc4)CC3)nc12. The van der Waals surface area contributed by atoms with Crippen LogP contribution in [-0.4, -0.2) is 48.6 Å². The number of halogens is 1. The maximum atomic E-state index is 13.0. The van der Waals surface area contributed by atoms with E-state index >= 15 is 0 Å². The van der Waals surface area contributed by atoms with Gasteiger partial charge in [0, 0.05) is 31.7 Å². The Morgan fingerprint density at radius 3 is 2.59 bits per heavy atom. The monoisotopic (exact) mass is 385 g/mol. The Kier molecular flexibility index (Phi) is 4.94. The van der Waals surface area contributed by atoms with Crippen LogP contribution in [0.5, 0.6) is 5.75 Å². The summed E-state index contributed by atoms with van der Waals surface area (Å²) in [6.45, 7) is 5.24. The molecule has 1 aliphatic heterocycles. The number of anilines is 1. The molecule has 0 radical (unpaired) electrons. The fraction of sp³-hybridized carbons (Fsp3) is 0.300. The van der Waals surface area contributed by atoms with Gasteiger partial charge in [0.1, 0.15) is 17.1 Å². The predicted octanol–water partition coefficient (Wildman–Crippen LogP) is 3.80. The highest BCUT2D eigenvalue weighted by Gasteiger charge is 2.24. The molecule has 140 valence electrons. The van der Waals surface area contributed by atoms with Crippen molar-refractivity contribution in [1.82, 2.24) is 9.88 Å². The zero-order chi connectivity index (χ0) is 18.8. The predicted molar refractivity (Wildman–Crippen MR) is 105 cm³/mol. The van der Waals surface area contributed by atoms with E-state index in [0.717, 1.165) is 34.2 Å². The number of aromatic nitrogens is 1. The average molecular weight is 385 g/mol. The number of benzene rings is 2. The summed E-state index contributed by atoms with van der Waals surface area (Å²) >= 11 is 1.64. The molecule has 27 heavy (non-hydrogen) atoms. The van der Waals surface area contributed by atoms with Crippen molar-refractivity contribution in [1.29, 1.82) is 0 Å². The van der Waals surface area contributed by atoms with E-state index in [4.69, 9.17) is 9.72 Å². The Balaban J connectivity index is 1.46. The normalized spacial score (nSPS) is 14.6. The third-order valence-electron chi connectivity index (χ3n) is 4.60. The minimum Gasteiger partial charge on any atom is -0.492 e. The maximum absolute atomic E-state index is 13.0. The molecule has 4 rings (SSSR count). The van der Waals surface area contributed by atoms with Gasteiger partial charge >= 0.3 is 0 Å². The highest BCUT2D eigenvalue weighted by Crippen LogP contribution is 2.34. The number of hydrogen-bond acceptors (Lipinski definition) is 5.